The van der Waals surface area contributed by atoms with Crippen molar-refractivity contribution < 1.29 is 43.2 Å². The van der Waals surface area contributed by atoms with Crippen LogP contribution in [0.3, 0.4) is 0 Å². The fourth-order valence-corrected chi connectivity index (χ4v) is 15.9. The first-order valence-electron chi connectivity index (χ1n) is 26.0. The van der Waals surface area contributed by atoms with E-state index in [9.17, 15) is 19.5 Å². The molecule has 6 fully saturated rings. The Kier molecular flexibility index (Phi) is 14.5. The summed E-state index contributed by atoms with van der Waals surface area (Å²) in [6.07, 6.45) is 12.9. The molecule has 0 radical (unpaired) electrons. The number of carbonyl (C=O) groups excluding carboxylic acids is 3. The minimum Gasteiger partial charge on any atom is -0.485 e. The molecule has 0 spiro atoms. The summed E-state index contributed by atoms with van der Waals surface area (Å²) in [5.74, 6) is 1.64. The number of hydrogen-bond acceptors (Lipinski definition) is 8. The third kappa shape index (κ3) is 9.22. The third-order valence-electron chi connectivity index (χ3n) is 19.8. The van der Waals surface area contributed by atoms with Crippen LogP contribution in [0.4, 0.5) is 0 Å². The molecule has 6 aliphatic rings. The number of halogens is 1. The lowest BCUT2D eigenvalue weighted by Crippen LogP contribution is -2.68. The van der Waals surface area contributed by atoms with E-state index in [1.54, 1.807) is 33.1 Å². The van der Waals surface area contributed by atoms with Gasteiger partial charge in [-0.2, -0.15) is 0 Å². The lowest BCUT2D eigenvalue weighted by molar-refractivity contribution is -0.250. The Hall–Kier alpha value is -4.35. The number of rotatable bonds is 14. The maximum absolute atomic E-state index is 15.3. The zero-order valence-corrected chi connectivity index (χ0v) is 44.1. The van der Waals surface area contributed by atoms with Crippen molar-refractivity contribution in [2.24, 2.45) is 62.1 Å². The summed E-state index contributed by atoms with van der Waals surface area (Å²) in [5.41, 5.74) is 1.27. The van der Waals surface area contributed by atoms with Crippen molar-refractivity contribution in [1.82, 2.24) is 9.80 Å². The Morgan fingerprint density at radius 3 is 2.19 bits per heavy atom. The van der Waals surface area contributed by atoms with Crippen LogP contribution < -0.4 is 9.47 Å². The number of hydrogen-bond donors (Lipinski definition) is 1. The number of fused-ring (bicyclic) bond motifs is 7. The first kappa shape index (κ1) is 52.0. The standard InChI is InChI=1S/C58H79ClN2O9/c1-37(2)41-21-26-58(51(64)61-31-29-60(30-32-61)48(62)20-14-38-13-18-43(69-36-67-10)44(33-38)68-35-39-11-15-40(59)16-12-39)28-27-56(8)42(50(41)58)17-19-46-55(7)24-23-47(70-49(63)34-53(3,4)52(65)66)54(5,6)45(55)22-25-57(46,56)9/h11-16,18,20,33,41-42,45-47,50H,1,17,19,21-32,34-36H2,2-10H3,(H,65,66)/b20-14+/t41-,42+,45-,46+,47-,50+,55-,56+,57+,58-/m0/s1. The molecule has 0 bridgehead atoms. The second-order valence-electron chi connectivity index (χ2n) is 24.2. The molecule has 1 N–H and O–H groups in total. The highest BCUT2D eigenvalue weighted by molar-refractivity contribution is 6.30. The normalized spacial score (nSPS) is 33.6. The van der Waals surface area contributed by atoms with Gasteiger partial charge in [-0.05, 0) is 172 Å². The highest BCUT2D eigenvalue weighted by Crippen LogP contribution is 2.78. The first-order valence-corrected chi connectivity index (χ1v) is 26.4. The number of nitrogens with zero attached hydrogens (tertiary/aromatic N) is 2. The lowest BCUT2D eigenvalue weighted by Gasteiger charge is -2.73. The number of carboxylic acids is 1. The molecule has 2 aromatic rings. The van der Waals surface area contributed by atoms with Gasteiger partial charge in [0.25, 0.3) is 0 Å². The minimum absolute atomic E-state index is 0.0462. The summed E-state index contributed by atoms with van der Waals surface area (Å²) in [5, 5.41) is 10.3. The van der Waals surface area contributed by atoms with Crippen molar-refractivity contribution in [2.75, 3.05) is 40.1 Å². The van der Waals surface area contributed by atoms with Crippen LogP contribution in [0.25, 0.3) is 6.08 Å². The minimum atomic E-state index is -1.18. The molecule has 5 aliphatic carbocycles. The monoisotopic (exact) mass is 983 g/mol. The second-order valence-corrected chi connectivity index (χ2v) is 24.6. The van der Waals surface area contributed by atoms with Crippen molar-refractivity contribution in [3.63, 3.8) is 0 Å². The van der Waals surface area contributed by atoms with Gasteiger partial charge in [0, 0.05) is 49.8 Å². The van der Waals surface area contributed by atoms with E-state index in [2.05, 4.69) is 53.0 Å². The van der Waals surface area contributed by atoms with Gasteiger partial charge in [-0.25, -0.2) is 0 Å². The number of ether oxygens (including phenoxy) is 4. The molecule has 0 aromatic heterocycles. The van der Waals surface area contributed by atoms with Crippen LogP contribution in [0.2, 0.25) is 5.02 Å². The van der Waals surface area contributed by atoms with Crippen LogP contribution in [0, 0.1) is 62.1 Å². The maximum Gasteiger partial charge on any atom is 0.309 e. The Balaban J connectivity index is 0.938. The molecular weight excluding hydrogens is 904 g/mol. The van der Waals surface area contributed by atoms with Crippen LogP contribution in [-0.2, 0) is 35.3 Å². The summed E-state index contributed by atoms with van der Waals surface area (Å²) in [7, 11) is 1.56. The molecule has 1 aliphatic heterocycles. The summed E-state index contributed by atoms with van der Waals surface area (Å²) < 4.78 is 23.3. The topological polar surface area (TPSA) is 132 Å². The van der Waals surface area contributed by atoms with Crippen molar-refractivity contribution in [1.29, 1.82) is 0 Å². The van der Waals surface area contributed by atoms with E-state index >= 15 is 4.79 Å². The van der Waals surface area contributed by atoms with E-state index in [1.165, 1.54) is 5.57 Å². The number of carbonyl (C=O) groups is 4. The van der Waals surface area contributed by atoms with Crippen LogP contribution in [0.1, 0.15) is 137 Å². The molecule has 0 unspecified atom stereocenters. The first-order chi connectivity index (χ1) is 33.0. The van der Waals surface area contributed by atoms with E-state index in [1.807, 2.05) is 47.4 Å². The van der Waals surface area contributed by atoms with Gasteiger partial charge in [0.1, 0.15) is 12.7 Å². The quantitative estimate of drug-likeness (QED) is 0.0850. The Labute approximate surface area is 422 Å². The van der Waals surface area contributed by atoms with E-state index in [-0.39, 0.29) is 58.7 Å². The molecule has 1 heterocycles. The van der Waals surface area contributed by atoms with Crippen molar-refractivity contribution in [2.45, 2.75) is 139 Å². The highest BCUT2D eigenvalue weighted by Gasteiger charge is 2.72. The van der Waals surface area contributed by atoms with E-state index in [4.69, 9.17) is 30.5 Å². The van der Waals surface area contributed by atoms with Crippen LogP contribution >= 0.6 is 11.6 Å². The number of esters is 1. The van der Waals surface area contributed by atoms with Crippen molar-refractivity contribution in [3.8, 4) is 11.5 Å². The molecule has 12 heteroatoms. The molecule has 10 atom stereocenters. The molecule has 1 saturated heterocycles. The number of carboxylic acid groups (broad SMARTS) is 1. The summed E-state index contributed by atoms with van der Waals surface area (Å²) >= 11 is 6.08. The van der Waals surface area contributed by atoms with Gasteiger partial charge in [-0.15, -0.1) is 0 Å². The van der Waals surface area contributed by atoms with Gasteiger partial charge >= 0.3 is 11.9 Å². The average Bonchev–Trinajstić information content (AvgIpc) is 3.72. The number of amides is 2. The predicted octanol–water partition coefficient (Wildman–Crippen LogP) is 11.7. The molecule has 5 saturated carbocycles. The average molecular weight is 984 g/mol. The summed E-state index contributed by atoms with van der Waals surface area (Å²) in [6, 6.07) is 13.0. The van der Waals surface area contributed by atoms with Gasteiger partial charge in [0.2, 0.25) is 11.8 Å². The maximum atomic E-state index is 15.3. The van der Waals surface area contributed by atoms with Crippen LogP contribution in [-0.4, -0.2) is 84.8 Å². The largest absolute Gasteiger partial charge is 0.485 e. The number of piperazine rings is 1. The zero-order chi connectivity index (χ0) is 50.6. The molecule has 8 rings (SSSR count). The van der Waals surface area contributed by atoms with Gasteiger partial charge in [0.05, 0.1) is 17.3 Å². The van der Waals surface area contributed by atoms with Crippen LogP contribution in [0.5, 0.6) is 11.5 Å². The SMILES string of the molecule is C=C(C)[C@@H]1CC[C@]2(C(=O)N3CCN(C(=O)/C=C/c4ccc(OCOC)c(OCc5ccc(Cl)cc5)c4)CC3)CC[C@]3(C)[C@H](CC[C@@H]4[C@@]5(C)CC[C@H](OC(=O)CC(C)(C)C(=O)O)C(C)(C)[C@@H]5CC[C@]43C)[C@@H]12. The van der Waals surface area contributed by atoms with E-state index in [0.717, 1.165) is 75.3 Å². The number of benzene rings is 2. The molecule has 11 nitrogen and oxygen atoms in total. The zero-order valence-electron chi connectivity index (χ0n) is 43.4. The van der Waals surface area contributed by atoms with Gasteiger partial charge in [-0.3, -0.25) is 19.2 Å². The van der Waals surface area contributed by atoms with Crippen molar-refractivity contribution in [3.05, 3.63) is 76.8 Å². The summed E-state index contributed by atoms with van der Waals surface area (Å²) in [6.45, 7) is 24.6. The fraction of sp³-hybridized carbons (Fsp3) is 0.655. The molecular formula is C58H79ClN2O9. The van der Waals surface area contributed by atoms with E-state index < -0.39 is 22.8 Å². The van der Waals surface area contributed by atoms with E-state index in [0.29, 0.717) is 73.0 Å². The van der Waals surface area contributed by atoms with Crippen molar-refractivity contribution >= 4 is 41.4 Å². The predicted molar refractivity (Wildman–Crippen MR) is 272 cm³/mol. The summed E-state index contributed by atoms with van der Waals surface area (Å²) in [4.78, 5) is 58.0. The Morgan fingerprint density at radius 1 is 0.814 bits per heavy atom. The Morgan fingerprint density at radius 2 is 1.51 bits per heavy atom. The molecule has 2 amide bonds. The molecule has 70 heavy (non-hydrogen) atoms. The number of aliphatic carboxylic acids is 1. The highest BCUT2D eigenvalue weighted by atomic mass is 35.5. The molecule has 2 aromatic carbocycles. The third-order valence-corrected chi connectivity index (χ3v) is 20.0. The van der Waals surface area contributed by atoms with Gasteiger partial charge in [-0.1, -0.05) is 76.6 Å². The molecule has 382 valence electrons. The number of methoxy groups -OCH3 is 1. The smallest absolute Gasteiger partial charge is 0.309 e. The lowest BCUT2D eigenvalue weighted by atomic mass is 9.32. The van der Waals surface area contributed by atoms with Gasteiger partial charge in [0.15, 0.2) is 18.3 Å². The fourth-order valence-electron chi connectivity index (χ4n) is 15.8. The Bertz CT molecular complexity index is 2350. The number of allylic oxidation sites excluding steroid dienone is 1. The van der Waals surface area contributed by atoms with Gasteiger partial charge < -0.3 is 33.9 Å². The van der Waals surface area contributed by atoms with Crippen LogP contribution in [0.15, 0.2) is 60.7 Å². The second kappa shape index (κ2) is 19.6.